The van der Waals surface area contributed by atoms with Gasteiger partial charge in [-0.25, -0.2) is 4.79 Å². The number of benzene rings is 1. The van der Waals surface area contributed by atoms with Crippen molar-refractivity contribution in [1.82, 2.24) is 9.97 Å². The van der Waals surface area contributed by atoms with Gasteiger partial charge in [0.1, 0.15) is 0 Å². The van der Waals surface area contributed by atoms with Gasteiger partial charge in [-0.15, -0.1) is 0 Å². The average Bonchev–Trinajstić information content (AvgIpc) is 2.29. The molecule has 80 valence electrons. The lowest BCUT2D eigenvalue weighted by atomic mass is 10.1. The fourth-order valence-electron chi connectivity index (χ4n) is 1.46. The number of hydrogen-bond acceptors (Lipinski definition) is 2. The monoisotopic (exact) mass is 214 g/mol. The van der Waals surface area contributed by atoms with Crippen molar-refractivity contribution in [2.45, 2.75) is 0 Å². The Kier molecular flexibility index (Phi) is 2.55. The fraction of sp³-hybridized carbons (Fsp3) is 0. The summed E-state index contributed by atoms with van der Waals surface area (Å²) < 4.78 is 0. The summed E-state index contributed by atoms with van der Waals surface area (Å²) in [6, 6.07) is 7.35. The summed E-state index contributed by atoms with van der Waals surface area (Å²) in [6.07, 6.45) is 3.10. The quantitative estimate of drug-likeness (QED) is 0.793. The summed E-state index contributed by atoms with van der Waals surface area (Å²) >= 11 is 0. The van der Waals surface area contributed by atoms with E-state index >= 15 is 0 Å². The molecule has 16 heavy (non-hydrogen) atoms. The molecular weight excluding hydrogens is 204 g/mol. The number of aromatic amines is 2. The zero-order valence-electron chi connectivity index (χ0n) is 8.49. The summed E-state index contributed by atoms with van der Waals surface area (Å²) in [7, 11) is 0. The molecule has 0 aliphatic rings. The van der Waals surface area contributed by atoms with E-state index in [9.17, 15) is 9.59 Å². The van der Waals surface area contributed by atoms with Crippen LogP contribution < -0.4 is 11.2 Å². The minimum Gasteiger partial charge on any atom is -0.313 e. The van der Waals surface area contributed by atoms with Crippen LogP contribution in [0.4, 0.5) is 0 Å². The van der Waals surface area contributed by atoms with Gasteiger partial charge in [0.25, 0.3) is 5.56 Å². The Balaban J connectivity index is 2.62. The predicted molar refractivity (Wildman–Crippen MR) is 63.2 cm³/mol. The number of rotatable bonds is 2. The summed E-state index contributed by atoms with van der Waals surface area (Å²) in [6.45, 7) is 3.66. The smallest absolute Gasteiger partial charge is 0.313 e. The fourth-order valence-corrected chi connectivity index (χ4v) is 1.46. The highest BCUT2D eigenvalue weighted by Crippen LogP contribution is 2.15. The van der Waals surface area contributed by atoms with Gasteiger partial charge in [-0.2, -0.15) is 0 Å². The van der Waals surface area contributed by atoms with E-state index in [2.05, 4.69) is 16.5 Å². The van der Waals surface area contributed by atoms with E-state index in [-0.39, 0.29) is 0 Å². The molecule has 0 bridgehead atoms. The number of nitrogens with one attached hydrogen (secondary N) is 2. The first kappa shape index (κ1) is 10.2. The maximum atomic E-state index is 11.5. The maximum absolute atomic E-state index is 11.5. The van der Waals surface area contributed by atoms with Crippen LogP contribution in [0.15, 0.2) is 46.6 Å². The van der Waals surface area contributed by atoms with E-state index in [4.69, 9.17) is 0 Å². The highest BCUT2D eigenvalue weighted by Gasteiger charge is 2.03. The Hall–Kier alpha value is -2.36. The van der Waals surface area contributed by atoms with Crippen molar-refractivity contribution >= 4 is 6.08 Å². The molecule has 0 saturated heterocycles. The Labute approximate surface area is 91.3 Å². The highest BCUT2D eigenvalue weighted by molar-refractivity contribution is 5.65. The van der Waals surface area contributed by atoms with Gasteiger partial charge in [-0.3, -0.25) is 9.78 Å². The SMILES string of the molecule is C=Cc1cccc(-c2c[nH]c(=O)[nH]c2=O)c1. The summed E-state index contributed by atoms with van der Waals surface area (Å²) in [5.41, 5.74) is 1.19. The lowest BCUT2D eigenvalue weighted by Gasteiger charge is -2.00. The third-order valence-corrected chi connectivity index (χ3v) is 2.25. The summed E-state index contributed by atoms with van der Waals surface area (Å²) in [5.74, 6) is 0. The van der Waals surface area contributed by atoms with Crippen LogP contribution in [0.5, 0.6) is 0 Å². The lowest BCUT2D eigenvalue weighted by Crippen LogP contribution is -2.22. The molecule has 4 nitrogen and oxygen atoms in total. The highest BCUT2D eigenvalue weighted by atomic mass is 16.2. The molecule has 0 amide bonds. The lowest BCUT2D eigenvalue weighted by molar-refractivity contribution is 1.04. The van der Waals surface area contributed by atoms with E-state index in [1.54, 1.807) is 12.1 Å². The zero-order valence-corrected chi connectivity index (χ0v) is 8.49. The molecule has 1 heterocycles. The van der Waals surface area contributed by atoms with E-state index in [1.807, 2.05) is 18.2 Å². The molecule has 0 aliphatic carbocycles. The molecule has 0 atom stereocenters. The second kappa shape index (κ2) is 4.02. The van der Waals surface area contributed by atoms with Crippen molar-refractivity contribution in [1.29, 1.82) is 0 Å². The van der Waals surface area contributed by atoms with Gasteiger partial charge in [-0.1, -0.05) is 30.9 Å². The van der Waals surface area contributed by atoms with Crippen molar-refractivity contribution in [3.8, 4) is 11.1 Å². The molecule has 1 aromatic heterocycles. The van der Waals surface area contributed by atoms with E-state index in [0.717, 1.165) is 11.1 Å². The minimum absolute atomic E-state index is 0.398. The van der Waals surface area contributed by atoms with Crippen LogP contribution in [0.3, 0.4) is 0 Å². The Morgan fingerprint density at radius 1 is 1.25 bits per heavy atom. The van der Waals surface area contributed by atoms with Crippen molar-refractivity contribution in [2.24, 2.45) is 0 Å². The van der Waals surface area contributed by atoms with E-state index in [0.29, 0.717) is 5.56 Å². The Morgan fingerprint density at radius 2 is 2.06 bits per heavy atom. The van der Waals surface area contributed by atoms with Gasteiger partial charge < -0.3 is 4.98 Å². The van der Waals surface area contributed by atoms with Crippen LogP contribution in [0.1, 0.15) is 5.56 Å². The second-order valence-corrected chi connectivity index (χ2v) is 3.32. The molecule has 0 radical (unpaired) electrons. The van der Waals surface area contributed by atoms with Gasteiger partial charge in [0.15, 0.2) is 0 Å². The summed E-state index contributed by atoms with van der Waals surface area (Å²) in [4.78, 5) is 27.0. The third-order valence-electron chi connectivity index (χ3n) is 2.25. The molecule has 0 saturated carbocycles. The summed E-state index contributed by atoms with van der Waals surface area (Å²) in [5, 5.41) is 0. The van der Waals surface area contributed by atoms with Gasteiger partial charge in [0, 0.05) is 6.20 Å². The number of hydrogen-bond donors (Lipinski definition) is 2. The van der Waals surface area contributed by atoms with Gasteiger partial charge in [-0.05, 0) is 17.2 Å². The van der Waals surface area contributed by atoms with E-state index < -0.39 is 11.2 Å². The van der Waals surface area contributed by atoms with Crippen LogP contribution in [0.2, 0.25) is 0 Å². The van der Waals surface area contributed by atoms with Crippen LogP contribution in [0.25, 0.3) is 17.2 Å². The molecule has 0 fully saturated rings. The first-order valence-electron chi connectivity index (χ1n) is 4.75. The van der Waals surface area contributed by atoms with Gasteiger partial charge in [0.2, 0.25) is 0 Å². The van der Waals surface area contributed by atoms with Gasteiger partial charge in [0.05, 0.1) is 5.56 Å². The maximum Gasteiger partial charge on any atom is 0.325 e. The first-order chi connectivity index (χ1) is 7.70. The van der Waals surface area contributed by atoms with Crippen LogP contribution >= 0.6 is 0 Å². The van der Waals surface area contributed by atoms with Crippen molar-refractivity contribution in [3.05, 3.63) is 63.4 Å². The normalized spacial score (nSPS) is 10.0. The second-order valence-electron chi connectivity index (χ2n) is 3.32. The van der Waals surface area contributed by atoms with Crippen LogP contribution in [-0.2, 0) is 0 Å². The minimum atomic E-state index is -0.506. The predicted octanol–water partition coefficient (Wildman–Crippen LogP) is 1.37. The van der Waals surface area contributed by atoms with E-state index in [1.165, 1.54) is 6.20 Å². The molecular formula is C12H10N2O2. The first-order valence-corrected chi connectivity index (χ1v) is 4.75. The Bertz CT molecular complexity index is 638. The molecule has 0 spiro atoms. The van der Waals surface area contributed by atoms with Gasteiger partial charge >= 0.3 is 5.69 Å². The largest absolute Gasteiger partial charge is 0.325 e. The molecule has 2 aromatic rings. The number of H-pyrrole nitrogens is 2. The molecule has 0 unspecified atom stereocenters. The molecule has 4 heteroatoms. The molecule has 1 aromatic carbocycles. The molecule has 0 aliphatic heterocycles. The van der Waals surface area contributed by atoms with Crippen molar-refractivity contribution < 1.29 is 0 Å². The topological polar surface area (TPSA) is 65.7 Å². The van der Waals surface area contributed by atoms with Crippen molar-refractivity contribution in [2.75, 3.05) is 0 Å². The third kappa shape index (κ3) is 1.86. The van der Waals surface area contributed by atoms with Crippen LogP contribution in [-0.4, -0.2) is 9.97 Å². The number of aromatic nitrogens is 2. The molecule has 2 rings (SSSR count). The Morgan fingerprint density at radius 3 is 2.75 bits per heavy atom. The standard InChI is InChI=1S/C12H10N2O2/c1-2-8-4-3-5-9(6-8)10-7-13-12(16)14-11(10)15/h2-7H,1H2,(H2,13,14,15,16). The van der Waals surface area contributed by atoms with Crippen LogP contribution in [0, 0.1) is 0 Å². The molecule has 2 N–H and O–H groups in total. The zero-order chi connectivity index (χ0) is 11.5. The average molecular weight is 214 g/mol. The van der Waals surface area contributed by atoms with Crippen molar-refractivity contribution in [3.63, 3.8) is 0 Å².